The van der Waals surface area contributed by atoms with E-state index in [1.54, 1.807) is 50.6 Å². The maximum absolute atomic E-state index is 13.7. The van der Waals surface area contributed by atoms with Gasteiger partial charge < -0.3 is 29.0 Å². The first kappa shape index (κ1) is 32.3. The maximum atomic E-state index is 13.7. The lowest BCUT2D eigenvalue weighted by atomic mass is 10.1. The average molecular weight is 578 g/mol. The Hall–Kier alpha value is -4.20. The monoisotopic (exact) mass is 577 g/mol. The van der Waals surface area contributed by atoms with Crippen LogP contribution in [0.1, 0.15) is 67.9 Å². The van der Waals surface area contributed by atoms with Crippen molar-refractivity contribution >= 4 is 11.9 Å². The van der Waals surface area contributed by atoms with Crippen LogP contribution < -0.4 is 18.9 Å². The zero-order valence-electron chi connectivity index (χ0n) is 25.6. The van der Waals surface area contributed by atoms with Crippen molar-refractivity contribution in [3.63, 3.8) is 0 Å². The topological polar surface area (TPSA) is 94.5 Å². The van der Waals surface area contributed by atoms with Crippen LogP contribution >= 0.6 is 0 Å². The number of aryl methyl sites for hydroxylation is 1. The van der Waals surface area contributed by atoms with E-state index in [4.69, 9.17) is 18.9 Å². The molecule has 1 N–H and O–H groups in total. The van der Waals surface area contributed by atoms with Gasteiger partial charge in [-0.05, 0) is 93.3 Å². The highest BCUT2D eigenvalue weighted by molar-refractivity contribution is 5.94. The molecule has 0 aromatic heterocycles. The SMILES string of the molecule is CCCCCCN(CCc1ccc(OC)c(OC)c1)C(=O)c1cccc(Oc2ccc(OC(C)(C)C(=O)O)c(C)c2)c1. The fraction of sp³-hybridized carbons (Fsp3) is 0.412. The smallest absolute Gasteiger partial charge is 0.347 e. The molecular weight excluding hydrogens is 534 g/mol. The van der Waals surface area contributed by atoms with E-state index in [0.29, 0.717) is 53.8 Å². The molecule has 0 radical (unpaired) electrons. The summed E-state index contributed by atoms with van der Waals surface area (Å²) >= 11 is 0. The van der Waals surface area contributed by atoms with Gasteiger partial charge in [-0.1, -0.05) is 38.3 Å². The zero-order valence-corrected chi connectivity index (χ0v) is 25.6. The molecule has 226 valence electrons. The Balaban J connectivity index is 1.74. The summed E-state index contributed by atoms with van der Waals surface area (Å²) in [6, 6.07) is 18.2. The van der Waals surface area contributed by atoms with Gasteiger partial charge in [0.15, 0.2) is 17.1 Å². The highest BCUT2D eigenvalue weighted by atomic mass is 16.5. The predicted molar refractivity (Wildman–Crippen MR) is 163 cm³/mol. The molecule has 0 saturated heterocycles. The number of unbranched alkanes of at least 4 members (excludes halogenated alkanes) is 3. The van der Waals surface area contributed by atoms with Gasteiger partial charge in [-0.15, -0.1) is 0 Å². The second-order valence-electron chi connectivity index (χ2n) is 10.8. The van der Waals surface area contributed by atoms with Crippen molar-refractivity contribution in [3.05, 3.63) is 77.4 Å². The Morgan fingerprint density at radius 3 is 2.21 bits per heavy atom. The number of ether oxygens (including phenoxy) is 4. The van der Waals surface area contributed by atoms with E-state index in [1.807, 2.05) is 36.1 Å². The molecule has 0 aliphatic rings. The fourth-order valence-electron chi connectivity index (χ4n) is 4.47. The quantitative estimate of drug-likeness (QED) is 0.178. The normalized spacial score (nSPS) is 11.1. The van der Waals surface area contributed by atoms with Gasteiger partial charge in [-0.25, -0.2) is 4.79 Å². The number of benzene rings is 3. The summed E-state index contributed by atoms with van der Waals surface area (Å²) in [7, 11) is 3.23. The summed E-state index contributed by atoms with van der Waals surface area (Å²) in [6.45, 7) is 8.24. The number of carboxylic acids is 1. The second-order valence-corrected chi connectivity index (χ2v) is 10.8. The van der Waals surface area contributed by atoms with E-state index in [-0.39, 0.29) is 5.91 Å². The number of hydrogen-bond acceptors (Lipinski definition) is 6. The Bertz CT molecular complexity index is 1350. The highest BCUT2D eigenvalue weighted by Crippen LogP contribution is 2.31. The molecule has 3 aromatic carbocycles. The van der Waals surface area contributed by atoms with Crippen LogP contribution in [0.4, 0.5) is 0 Å². The Kier molecular flexibility index (Phi) is 11.7. The molecule has 0 heterocycles. The lowest BCUT2D eigenvalue weighted by Crippen LogP contribution is -2.38. The number of nitrogens with zero attached hydrogens (tertiary/aromatic N) is 1. The Morgan fingerprint density at radius 1 is 0.833 bits per heavy atom. The molecule has 0 spiro atoms. The summed E-state index contributed by atoms with van der Waals surface area (Å²) in [6.07, 6.45) is 4.96. The van der Waals surface area contributed by atoms with Gasteiger partial charge in [-0.3, -0.25) is 4.79 Å². The van der Waals surface area contributed by atoms with Crippen LogP contribution in [-0.4, -0.2) is 54.8 Å². The van der Waals surface area contributed by atoms with Crippen molar-refractivity contribution in [1.29, 1.82) is 0 Å². The van der Waals surface area contributed by atoms with Crippen LogP contribution in [-0.2, 0) is 11.2 Å². The van der Waals surface area contributed by atoms with E-state index >= 15 is 0 Å². The molecule has 0 fully saturated rings. The van der Waals surface area contributed by atoms with E-state index in [0.717, 1.165) is 36.8 Å². The Labute approximate surface area is 249 Å². The van der Waals surface area contributed by atoms with Crippen LogP contribution in [0.3, 0.4) is 0 Å². The van der Waals surface area contributed by atoms with Crippen molar-refractivity contribution in [2.24, 2.45) is 0 Å². The molecule has 1 amide bonds. The van der Waals surface area contributed by atoms with Gasteiger partial charge in [0.2, 0.25) is 0 Å². The lowest BCUT2D eigenvalue weighted by Gasteiger charge is -2.24. The number of carbonyl (C=O) groups is 2. The van der Waals surface area contributed by atoms with Crippen LogP contribution in [0.5, 0.6) is 28.7 Å². The fourth-order valence-corrected chi connectivity index (χ4v) is 4.47. The number of carbonyl (C=O) groups excluding carboxylic acids is 1. The van der Waals surface area contributed by atoms with Gasteiger partial charge in [0, 0.05) is 18.7 Å². The second kappa shape index (κ2) is 15.1. The van der Waals surface area contributed by atoms with Crippen molar-refractivity contribution in [2.45, 2.75) is 65.4 Å². The number of rotatable bonds is 16. The summed E-state index contributed by atoms with van der Waals surface area (Å²) in [4.78, 5) is 27.1. The first-order chi connectivity index (χ1) is 20.1. The molecule has 8 heteroatoms. The number of carboxylic acid groups (broad SMARTS) is 1. The van der Waals surface area contributed by atoms with E-state index in [9.17, 15) is 14.7 Å². The zero-order chi connectivity index (χ0) is 30.7. The van der Waals surface area contributed by atoms with Gasteiger partial charge >= 0.3 is 5.97 Å². The number of hydrogen-bond donors (Lipinski definition) is 1. The third-order valence-corrected chi connectivity index (χ3v) is 7.03. The van der Waals surface area contributed by atoms with Crippen molar-refractivity contribution in [3.8, 4) is 28.7 Å². The first-order valence-corrected chi connectivity index (χ1v) is 14.4. The van der Waals surface area contributed by atoms with Gasteiger partial charge in [0.1, 0.15) is 17.2 Å². The lowest BCUT2D eigenvalue weighted by molar-refractivity contribution is -0.152. The van der Waals surface area contributed by atoms with E-state index < -0.39 is 11.6 Å². The minimum absolute atomic E-state index is 0.0479. The largest absolute Gasteiger partial charge is 0.493 e. The van der Waals surface area contributed by atoms with Crippen LogP contribution in [0.25, 0.3) is 0 Å². The van der Waals surface area contributed by atoms with Crippen molar-refractivity contribution in [2.75, 3.05) is 27.3 Å². The molecule has 0 aliphatic carbocycles. The predicted octanol–water partition coefficient (Wildman–Crippen LogP) is 7.31. The summed E-state index contributed by atoms with van der Waals surface area (Å²) in [5, 5.41) is 9.37. The minimum atomic E-state index is -1.36. The molecule has 0 unspecified atom stereocenters. The van der Waals surface area contributed by atoms with Crippen molar-refractivity contribution in [1.82, 2.24) is 4.90 Å². The van der Waals surface area contributed by atoms with Gasteiger partial charge in [-0.2, -0.15) is 0 Å². The molecule has 0 bridgehead atoms. The minimum Gasteiger partial charge on any atom is -0.493 e. The number of amides is 1. The van der Waals surface area contributed by atoms with Crippen LogP contribution in [0, 0.1) is 6.92 Å². The Morgan fingerprint density at radius 2 is 1.55 bits per heavy atom. The summed E-state index contributed by atoms with van der Waals surface area (Å²) < 4.78 is 22.6. The van der Waals surface area contributed by atoms with Crippen LogP contribution in [0.15, 0.2) is 60.7 Å². The molecule has 3 aromatic rings. The number of methoxy groups -OCH3 is 2. The van der Waals surface area contributed by atoms with Crippen LogP contribution in [0.2, 0.25) is 0 Å². The van der Waals surface area contributed by atoms with Gasteiger partial charge in [0.05, 0.1) is 14.2 Å². The van der Waals surface area contributed by atoms with Gasteiger partial charge in [0.25, 0.3) is 5.91 Å². The standard InChI is InChI=1S/C34H43NO7/c1-7-8-9-10-19-35(20-18-25-14-16-30(39-5)31(22-25)40-6)32(36)26-12-11-13-27(23-26)41-28-15-17-29(24(2)21-28)42-34(3,4)33(37)38/h11-17,21-23H,7-10,18-20H2,1-6H3,(H,37,38). The summed E-state index contributed by atoms with van der Waals surface area (Å²) in [5.74, 6) is 1.80. The van der Waals surface area contributed by atoms with E-state index in [1.165, 1.54) is 13.8 Å². The highest BCUT2D eigenvalue weighted by Gasteiger charge is 2.30. The average Bonchev–Trinajstić information content (AvgIpc) is 2.97. The first-order valence-electron chi connectivity index (χ1n) is 14.4. The molecule has 8 nitrogen and oxygen atoms in total. The molecule has 3 rings (SSSR count). The molecular formula is C34H43NO7. The molecule has 0 atom stereocenters. The summed E-state index contributed by atoms with van der Waals surface area (Å²) in [5.41, 5.74) is 0.993. The van der Waals surface area contributed by atoms with E-state index in [2.05, 4.69) is 6.92 Å². The third-order valence-electron chi connectivity index (χ3n) is 7.03. The molecule has 42 heavy (non-hydrogen) atoms. The number of aliphatic carboxylic acids is 1. The maximum Gasteiger partial charge on any atom is 0.347 e. The molecule has 0 saturated carbocycles. The molecule has 0 aliphatic heterocycles. The van der Waals surface area contributed by atoms with Crippen molar-refractivity contribution < 1.29 is 33.6 Å². The third kappa shape index (κ3) is 8.90.